The highest BCUT2D eigenvalue weighted by Gasteiger charge is 2.11. The second kappa shape index (κ2) is 21.1. The highest BCUT2D eigenvalue weighted by Crippen LogP contribution is 2.15. The zero-order chi connectivity index (χ0) is 23.4. The first-order valence-electron chi connectivity index (χ1n) is 7.52. The Morgan fingerprint density at radius 1 is 0.793 bits per heavy atom. The normalized spacial score (nSPS) is 10.7. The number of halogens is 4. The van der Waals surface area contributed by atoms with Crippen LogP contribution in [0.4, 0.5) is 17.3 Å². The fourth-order valence-electron chi connectivity index (χ4n) is 1.66. The van der Waals surface area contributed by atoms with Gasteiger partial charge in [-0.3, -0.25) is 22.3 Å². The van der Waals surface area contributed by atoms with Crippen molar-refractivity contribution in [1.29, 1.82) is 0 Å². The van der Waals surface area contributed by atoms with Gasteiger partial charge in [0.1, 0.15) is 0 Å². The number of nitrogens with zero attached hydrogens (tertiary/aromatic N) is 1. The number of fused-ring (bicyclic) bond motifs is 1. The van der Waals surface area contributed by atoms with E-state index >= 15 is 0 Å². The molecule has 0 fully saturated rings. The molecule has 0 atom stereocenters. The summed E-state index contributed by atoms with van der Waals surface area (Å²) in [6.45, 7) is 0.873. The molecule has 1 aromatic carbocycles. The molecule has 0 aromatic heterocycles. The molecule has 8 N–H and O–H groups in total. The molecule has 0 amide bonds. The first-order valence-corrected chi connectivity index (χ1v) is 7.52. The molecule has 2 rings (SSSR count). The van der Waals surface area contributed by atoms with Crippen LogP contribution in [0.15, 0.2) is 29.3 Å². The monoisotopic (exact) mass is 431 g/mol. The fraction of sp³-hybridized carbons (Fsp3) is 0.364. The Labute approximate surface area is 165 Å². The lowest BCUT2D eigenvalue weighted by molar-refractivity contribution is 0.338. The van der Waals surface area contributed by atoms with Crippen molar-refractivity contribution < 1.29 is 62.2 Å². The Balaban J connectivity index is -0.000000352. The summed E-state index contributed by atoms with van der Waals surface area (Å²) in [7, 11) is -8.99. The van der Waals surface area contributed by atoms with E-state index in [2.05, 4.69) is 23.2 Å². The van der Waals surface area contributed by atoms with Gasteiger partial charge in [-0.25, -0.2) is 0 Å². The van der Waals surface area contributed by atoms with E-state index < -0.39 is 29.6 Å². The van der Waals surface area contributed by atoms with Gasteiger partial charge >= 0.3 is 29.6 Å². The molecule has 0 radical (unpaired) electrons. The molecule has 0 unspecified atom stereocenters. The topological polar surface area (TPSA) is 183 Å². The number of methoxy groups -OCH3 is 1. The predicted octanol–water partition coefficient (Wildman–Crippen LogP) is -2.27. The molecule has 0 saturated heterocycles. The molecule has 29 heavy (non-hydrogen) atoms. The third-order valence-electron chi connectivity index (χ3n) is 2.30. The lowest BCUT2D eigenvalue weighted by Crippen LogP contribution is -2.05. The Hall–Kier alpha value is -1.65. The van der Waals surface area contributed by atoms with Crippen molar-refractivity contribution in [3.8, 4) is 0 Å². The van der Waals surface area contributed by atoms with Gasteiger partial charge in [-0.2, -0.15) is 0 Å². The van der Waals surface area contributed by atoms with E-state index in [1.54, 1.807) is 7.11 Å². The standard InChI is InChI=1S/C11H13NO.4BFH2O2/c1-13-11-10-7-3-2-5-9(10)6-4-8-12-11;4*2-1(3)4/h2-3,5,7H,4,6,8H2,1H3;4*3-4H. The molecular formula is C11H21B4F4NO9. The lowest BCUT2D eigenvalue weighted by atomic mass is 10.0. The van der Waals surface area contributed by atoms with E-state index in [1.807, 2.05) is 6.07 Å². The molecule has 164 valence electrons. The van der Waals surface area contributed by atoms with Crippen molar-refractivity contribution in [2.75, 3.05) is 13.7 Å². The maximum absolute atomic E-state index is 10.1. The van der Waals surface area contributed by atoms with Gasteiger partial charge in [-0.15, -0.1) is 0 Å². The lowest BCUT2D eigenvalue weighted by Gasteiger charge is -2.06. The molecule has 0 aliphatic carbocycles. The van der Waals surface area contributed by atoms with Crippen LogP contribution in [0.3, 0.4) is 0 Å². The van der Waals surface area contributed by atoms with Gasteiger partial charge in [0.2, 0.25) is 5.90 Å². The molecule has 18 heteroatoms. The van der Waals surface area contributed by atoms with Gasteiger partial charge in [0, 0.05) is 12.1 Å². The van der Waals surface area contributed by atoms with E-state index in [-0.39, 0.29) is 0 Å². The Bertz CT molecular complexity index is 498. The van der Waals surface area contributed by atoms with E-state index in [0.717, 1.165) is 30.8 Å². The number of hydrogen-bond donors (Lipinski definition) is 8. The van der Waals surface area contributed by atoms with Crippen molar-refractivity contribution in [2.45, 2.75) is 12.8 Å². The highest BCUT2D eigenvalue weighted by atomic mass is 19.1. The van der Waals surface area contributed by atoms with Crippen molar-refractivity contribution in [1.82, 2.24) is 0 Å². The molecule has 0 spiro atoms. The van der Waals surface area contributed by atoms with E-state index in [4.69, 9.17) is 44.9 Å². The number of hydrogen-bond acceptors (Lipinski definition) is 10. The minimum atomic E-state index is -2.67. The van der Waals surface area contributed by atoms with Crippen LogP contribution >= 0.6 is 0 Å². The predicted molar refractivity (Wildman–Crippen MR) is 98.4 cm³/mol. The summed E-state index contributed by atoms with van der Waals surface area (Å²) < 4.78 is 45.7. The van der Waals surface area contributed by atoms with E-state index in [0.29, 0.717) is 0 Å². The average Bonchev–Trinajstić information content (AvgIpc) is 2.74. The third-order valence-corrected chi connectivity index (χ3v) is 2.30. The summed E-state index contributed by atoms with van der Waals surface area (Å²) in [6.07, 6.45) is 2.22. The molecule has 0 bridgehead atoms. The second-order valence-electron chi connectivity index (χ2n) is 4.39. The minimum Gasteiger partial charge on any atom is -0.481 e. The van der Waals surface area contributed by atoms with E-state index in [1.165, 1.54) is 5.56 Å². The van der Waals surface area contributed by atoms with Crippen LogP contribution in [0.1, 0.15) is 17.5 Å². The number of rotatable bonds is 0. The summed E-state index contributed by atoms with van der Waals surface area (Å²) in [5.41, 5.74) is 2.50. The van der Waals surface area contributed by atoms with Crippen LogP contribution in [-0.4, -0.2) is 89.3 Å². The number of ether oxygens (including phenoxy) is 1. The Kier molecular flexibility index (Phi) is 23.3. The fourth-order valence-corrected chi connectivity index (χ4v) is 1.66. The number of aliphatic imine (C=N–C) groups is 1. The summed E-state index contributed by atoms with van der Waals surface area (Å²) in [6, 6.07) is 8.31. The zero-order valence-corrected chi connectivity index (χ0v) is 15.2. The van der Waals surface area contributed by atoms with Gasteiger partial charge in [-0.1, -0.05) is 18.2 Å². The second-order valence-corrected chi connectivity index (χ2v) is 4.39. The van der Waals surface area contributed by atoms with Crippen LogP contribution in [-0.2, 0) is 11.2 Å². The molecule has 10 nitrogen and oxygen atoms in total. The zero-order valence-electron chi connectivity index (χ0n) is 15.2. The average molecular weight is 431 g/mol. The molecule has 1 heterocycles. The molecule has 1 aliphatic heterocycles. The highest BCUT2D eigenvalue weighted by molar-refractivity contribution is 6.32. The minimum absolute atomic E-state index is 0.785. The summed E-state index contributed by atoms with van der Waals surface area (Å²) in [4.78, 5) is 4.38. The van der Waals surface area contributed by atoms with Gasteiger partial charge in [0.05, 0.1) is 7.11 Å². The Morgan fingerprint density at radius 2 is 1.17 bits per heavy atom. The van der Waals surface area contributed by atoms with Crippen LogP contribution in [0, 0.1) is 0 Å². The first-order chi connectivity index (χ1) is 13.3. The van der Waals surface area contributed by atoms with Crippen LogP contribution in [0.5, 0.6) is 0 Å². The molecule has 1 aromatic rings. The smallest absolute Gasteiger partial charge is 0.481 e. The van der Waals surface area contributed by atoms with Crippen molar-refractivity contribution in [3.05, 3.63) is 35.4 Å². The Morgan fingerprint density at radius 3 is 1.55 bits per heavy atom. The van der Waals surface area contributed by atoms with Gasteiger partial charge in [-0.05, 0) is 24.5 Å². The molecule has 1 aliphatic rings. The van der Waals surface area contributed by atoms with Gasteiger partial charge in [0.15, 0.2) is 0 Å². The SMILES string of the molecule is COC1=NCCCc2ccccc21.OB(O)F.OB(O)F.OB(O)F.OB(O)F. The molecular weight excluding hydrogens is 409 g/mol. The number of aryl methyl sites for hydroxylation is 1. The largest absolute Gasteiger partial charge is 0.674 e. The van der Waals surface area contributed by atoms with Gasteiger partial charge in [0.25, 0.3) is 0 Å². The van der Waals surface area contributed by atoms with Crippen molar-refractivity contribution >= 4 is 35.5 Å². The van der Waals surface area contributed by atoms with Crippen LogP contribution in [0.25, 0.3) is 0 Å². The van der Waals surface area contributed by atoms with Crippen LogP contribution < -0.4 is 0 Å². The van der Waals surface area contributed by atoms with Gasteiger partial charge < -0.3 is 44.9 Å². The number of benzene rings is 1. The first kappa shape index (κ1) is 32.0. The van der Waals surface area contributed by atoms with Crippen molar-refractivity contribution in [3.63, 3.8) is 0 Å². The van der Waals surface area contributed by atoms with E-state index in [9.17, 15) is 17.3 Å². The molecule has 0 saturated carbocycles. The maximum Gasteiger partial charge on any atom is 0.674 e. The maximum atomic E-state index is 10.1. The van der Waals surface area contributed by atoms with Crippen molar-refractivity contribution in [2.24, 2.45) is 4.99 Å². The van der Waals surface area contributed by atoms with Crippen LogP contribution in [0.2, 0.25) is 0 Å². The quantitative estimate of drug-likeness (QED) is 0.166. The summed E-state index contributed by atoms with van der Waals surface area (Å²) >= 11 is 0. The third kappa shape index (κ3) is 31.3. The summed E-state index contributed by atoms with van der Waals surface area (Å²) in [5.74, 6) is 0.785. The summed E-state index contributed by atoms with van der Waals surface area (Å²) in [5, 5.41) is 55.6.